The molecular weight excluding hydrogens is 268 g/mol. The maximum Gasteiger partial charge on any atom is 0.168 e. The zero-order valence-electron chi connectivity index (χ0n) is 10.3. The van der Waals surface area contributed by atoms with Crippen molar-refractivity contribution in [1.29, 1.82) is 0 Å². The molecule has 0 aliphatic rings. The van der Waals surface area contributed by atoms with E-state index < -0.39 is 0 Å². The van der Waals surface area contributed by atoms with E-state index in [1.165, 1.54) is 0 Å². The average molecular weight is 287 g/mol. The minimum Gasteiger partial charge on any atom is -0.487 e. The summed E-state index contributed by atoms with van der Waals surface area (Å²) >= 11 is 3.47. The molecule has 0 unspecified atom stereocenters. The van der Waals surface area contributed by atoms with E-state index in [1.807, 2.05) is 20.0 Å². The van der Waals surface area contributed by atoms with E-state index >= 15 is 0 Å². The first-order chi connectivity index (χ1) is 7.62. The van der Waals surface area contributed by atoms with Crippen LogP contribution in [-0.4, -0.2) is 18.1 Å². The van der Waals surface area contributed by atoms with Crippen LogP contribution < -0.4 is 10.1 Å². The molecule has 0 saturated heterocycles. The second-order valence-corrected chi connectivity index (χ2v) is 4.56. The van der Waals surface area contributed by atoms with Crippen LogP contribution in [0.1, 0.15) is 32.4 Å². The maximum absolute atomic E-state index is 5.92. The summed E-state index contributed by atoms with van der Waals surface area (Å²) in [5.41, 5.74) is 0.959. The Hall–Kier alpha value is -0.770. The zero-order valence-corrected chi connectivity index (χ0v) is 11.9. The number of nitrogens with one attached hydrogen (secondary N) is 1. The Kier molecular flexibility index (Phi) is 5.06. The number of aromatic nitrogens is 1. The van der Waals surface area contributed by atoms with Gasteiger partial charge < -0.3 is 10.1 Å². The highest BCUT2D eigenvalue weighted by atomic mass is 79.9. The van der Waals surface area contributed by atoms with Gasteiger partial charge in [0.15, 0.2) is 11.6 Å². The second-order valence-electron chi connectivity index (χ2n) is 3.71. The fraction of sp³-hybridized carbons (Fsp3) is 0.583. The van der Waals surface area contributed by atoms with Gasteiger partial charge in [0.05, 0.1) is 11.8 Å². The molecule has 0 saturated carbocycles. The summed E-state index contributed by atoms with van der Waals surface area (Å²) < 4.78 is 6.89. The summed E-state index contributed by atoms with van der Waals surface area (Å²) in [5, 5.41) is 3.06. The van der Waals surface area contributed by atoms with Gasteiger partial charge in [0.25, 0.3) is 0 Å². The molecule has 1 aromatic rings. The van der Waals surface area contributed by atoms with E-state index in [2.05, 4.69) is 40.1 Å². The average Bonchev–Trinajstić information content (AvgIpc) is 2.29. The van der Waals surface area contributed by atoms with Crippen molar-refractivity contribution in [2.24, 2.45) is 0 Å². The first kappa shape index (κ1) is 13.3. The Balaban J connectivity index is 2.97. The molecule has 0 aliphatic carbocycles. The van der Waals surface area contributed by atoms with Crippen LogP contribution in [0.2, 0.25) is 0 Å². The summed E-state index contributed by atoms with van der Waals surface area (Å²) in [4.78, 5) is 4.43. The Morgan fingerprint density at radius 3 is 2.56 bits per heavy atom. The zero-order chi connectivity index (χ0) is 12.1. The Labute approximate surface area is 106 Å². The lowest BCUT2D eigenvalue weighted by molar-refractivity contribution is 0.193. The molecule has 3 nitrogen and oxygen atoms in total. The number of aryl methyl sites for hydroxylation is 1. The number of rotatable bonds is 5. The van der Waals surface area contributed by atoms with Gasteiger partial charge in [-0.3, -0.25) is 0 Å². The number of hydrogen-bond acceptors (Lipinski definition) is 3. The van der Waals surface area contributed by atoms with Crippen LogP contribution in [0.4, 0.5) is 5.82 Å². The molecular formula is C12H19BrN2O. The highest BCUT2D eigenvalue weighted by molar-refractivity contribution is 9.10. The van der Waals surface area contributed by atoms with Crippen molar-refractivity contribution in [2.75, 3.05) is 12.4 Å². The third-order valence-corrected chi connectivity index (χ3v) is 3.36. The number of pyridine rings is 1. The molecule has 0 radical (unpaired) electrons. The third kappa shape index (κ3) is 3.11. The van der Waals surface area contributed by atoms with E-state index in [-0.39, 0.29) is 6.10 Å². The second kappa shape index (κ2) is 6.09. The Morgan fingerprint density at radius 2 is 2.06 bits per heavy atom. The summed E-state index contributed by atoms with van der Waals surface area (Å²) in [7, 11) is 1.86. The molecule has 16 heavy (non-hydrogen) atoms. The van der Waals surface area contributed by atoms with Crippen molar-refractivity contribution in [2.45, 2.75) is 39.7 Å². The van der Waals surface area contributed by atoms with Crippen molar-refractivity contribution in [1.82, 2.24) is 4.98 Å². The minimum atomic E-state index is 0.253. The fourth-order valence-electron chi connectivity index (χ4n) is 1.47. The van der Waals surface area contributed by atoms with E-state index in [4.69, 9.17) is 4.74 Å². The third-order valence-electron chi connectivity index (χ3n) is 2.56. The summed E-state index contributed by atoms with van der Waals surface area (Å²) in [6.45, 7) is 6.22. The van der Waals surface area contributed by atoms with Crippen molar-refractivity contribution in [3.8, 4) is 5.75 Å². The van der Waals surface area contributed by atoms with Gasteiger partial charge in [-0.05, 0) is 35.7 Å². The smallest absolute Gasteiger partial charge is 0.168 e. The van der Waals surface area contributed by atoms with Crippen LogP contribution >= 0.6 is 15.9 Å². The van der Waals surface area contributed by atoms with Gasteiger partial charge >= 0.3 is 0 Å². The van der Waals surface area contributed by atoms with Gasteiger partial charge in [0, 0.05) is 17.6 Å². The normalized spacial score (nSPS) is 10.6. The first-order valence-electron chi connectivity index (χ1n) is 5.63. The highest BCUT2D eigenvalue weighted by Crippen LogP contribution is 2.29. The Bertz CT molecular complexity index is 351. The van der Waals surface area contributed by atoms with Crippen molar-refractivity contribution in [3.05, 3.63) is 16.2 Å². The van der Waals surface area contributed by atoms with Gasteiger partial charge in [0.1, 0.15) is 0 Å². The minimum absolute atomic E-state index is 0.253. The van der Waals surface area contributed by atoms with Crippen LogP contribution in [0, 0.1) is 6.92 Å². The van der Waals surface area contributed by atoms with E-state index in [9.17, 15) is 0 Å². The van der Waals surface area contributed by atoms with Crippen LogP contribution in [0.15, 0.2) is 10.5 Å². The topological polar surface area (TPSA) is 34.1 Å². The van der Waals surface area contributed by atoms with Gasteiger partial charge in [-0.2, -0.15) is 0 Å². The monoisotopic (exact) mass is 286 g/mol. The molecule has 1 rings (SSSR count). The van der Waals surface area contributed by atoms with Gasteiger partial charge in [0.2, 0.25) is 0 Å². The molecule has 0 atom stereocenters. The predicted molar refractivity (Wildman–Crippen MR) is 71.2 cm³/mol. The predicted octanol–water partition coefficient (Wildman–Crippen LogP) is 3.76. The quantitative estimate of drug-likeness (QED) is 0.895. The van der Waals surface area contributed by atoms with Crippen LogP contribution in [0.25, 0.3) is 0 Å². The molecule has 1 N–H and O–H groups in total. The van der Waals surface area contributed by atoms with Gasteiger partial charge in [-0.25, -0.2) is 4.98 Å². The SMILES string of the molecule is CCC(CC)Oc1cc(Br)c(C)nc1NC. The maximum atomic E-state index is 5.92. The number of hydrogen-bond donors (Lipinski definition) is 1. The Morgan fingerprint density at radius 1 is 1.44 bits per heavy atom. The first-order valence-corrected chi connectivity index (χ1v) is 6.43. The number of ether oxygens (including phenoxy) is 1. The van der Waals surface area contributed by atoms with Crippen molar-refractivity contribution >= 4 is 21.7 Å². The van der Waals surface area contributed by atoms with Crippen LogP contribution in [-0.2, 0) is 0 Å². The molecule has 0 aliphatic heterocycles. The van der Waals surface area contributed by atoms with E-state index in [0.29, 0.717) is 0 Å². The summed E-state index contributed by atoms with van der Waals surface area (Å²) in [5.74, 6) is 1.61. The van der Waals surface area contributed by atoms with Crippen molar-refractivity contribution in [3.63, 3.8) is 0 Å². The van der Waals surface area contributed by atoms with Crippen molar-refractivity contribution < 1.29 is 4.74 Å². The molecule has 0 amide bonds. The molecule has 90 valence electrons. The standard InChI is InChI=1S/C12H19BrN2O/c1-5-9(6-2)16-11-7-10(13)8(3)15-12(11)14-4/h7,9H,5-6H2,1-4H3,(H,14,15). The number of halogens is 1. The molecule has 4 heteroatoms. The van der Waals surface area contributed by atoms with E-state index in [1.54, 1.807) is 0 Å². The molecule has 0 bridgehead atoms. The lowest BCUT2D eigenvalue weighted by atomic mass is 10.2. The van der Waals surface area contributed by atoms with Crippen LogP contribution in [0.3, 0.4) is 0 Å². The summed E-state index contributed by atoms with van der Waals surface area (Å²) in [6.07, 6.45) is 2.26. The lowest BCUT2D eigenvalue weighted by Crippen LogP contribution is -2.15. The molecule has 0 spiro atoms. The molecule has 0 fully saturated rings. The molecule has 0 aromatic carbocycles. The lowest BCUT2D eigenvalue weighted by Gasteiger charge is -2.18. The summed E-state index contributed by atoms with van der Waals surface area (Å²) in [6, 6.07) is 1.98. The number of anilines is 1. The molecule has 1 heterocycles. The largest absolute Gasteiger partial charge is 0.487 e. The fourth-order valence-corrected chi connectivity index (χ4v) is 1.76. The van der Waals surface area contributed by atoms with Gasteiger partial charge in [-0.15, -0.1) is 0 Å². The number of nitrogens with zero attached hydrogens (tertiary/aromatic N) is 1. The van der Waals surface area contributed by atoms with E-state index in [0.717, 1.165) is 34.6 Å². The van der Waals surface area contributed by atoms with Crippen LogP contribution in [0.5, 0.6) is 5.75 Å². The highest BCUT2D eigenvalue weighted by Gasteiger charge is 2.12. The molecule has 1 aromatic heterocycles. The van der Waals surface area contributed by atoms with Gasteiger partial charge in [-0.1, -0.05) is 13.8 Å².